The first-order chi connectivity index (χ1) is 9.22. The Labute approximate surface area is 114 Å². The maximum absolute atomic E-state index is 12.5. The van der Waals surface area contributed by atoms with Crippen molar-refractivity contribution in [2.75, 3.05) is 26.8 Å². The Bertz CT molecular complexity index is 428. The van der Waals surface area contributed by atoms with Crippen molar-refractivity contribution in [1.82, 2.24) is 4.90 Å². The first-order valence-corrected chi connectivity index (χ1v) is 6.86. The second-order valence-corrected chi connectivity index (χ2v) is 5.00. The van der Waals surface area contributed by atoms with E-state index in [-0.39, 0.29) is 5.91 Å². The minimum Gasteiger partial charge on any atom is -0.381 e. The fourth-order valence-corrected chi connectivity index (χ4v) is 2.47. The van der Waals surface area contributed by atoms with Gasteiger partial charge in [-0.05, 0) is 43.5 Å². The Kier molecular flexibility index (Phi) is 4.93. The largest absolute Gasteiger partial charge is 0.381 e. The zero-order chi connectivity index (χ0) is 13.7. The number of hydrogen-bond donors (Lipinski definition) is 1. The molecule has 2 N–H and O–H groups in total. The highest BCUT2D eigenvalue weighted by atomic mass is 16.5. The van der Waals surface area contributed by atoms with E-state index in [4.69, 9.17) is 10.5 Å². The van der Waals surface area contributed by atoms with Crippen molar-refractivity contribution in [2.45, 2.75) is 25.3 Å². The zero-order valence-corrected chi connectivity index (χ0v) is 11.5. The van der Waals surface area contributed by atoms with Crippen molar-refractivity contribution in [2.24, 2.45) is 5.73 Å². The number of ether oxygens (including phenoxy) is 1. The standard InChI is InChI=1S/C15H22N2O2/c1-17(14-6-9-19-10-7-14)15(18)13-4-2-3-12(11-13)5-8-16/h2-4,11,14H,5-10,16H2,1H3. The first kappa shape index (κ1) is 14.0. The molecule has 1 aliphatic heterocycles. The molecule has 0 saturated carbocycles. The van der Waals surface area contributed by atoms with Crippen LogP contribution in [0.15, 0.2) is 24.3 Å². The maximum Gasteiger partial charge on any atom is 0.253 e. The van der Waals surface area contributed by atoms with E-state index in [1.54, 1.807) is 0 Å². The average Bonchev–Trinajstić information content (AvgIpc) is 2.47. The fraction of sp³-hybridized carbons (Fsp3) is 0.533. The number of rotatable bonds is 4. The summed E-state index contributed by atoms with van der Waals surface area (Å²) in [5.74, 6) is 0.0887. The summed E-state index contributed by atoms with van der Waals surface area (Å²) < 4.78 is 5.33. The van der Waals surface area contributed by atoms with Gasteiger partial charge in [-0.1, -0.05) is 12.1 Å². The van der Waals surface area contributed by atoms with E-state index < -0.39 is 0 Å². The van der Waals surface area contributed by atoms with Crippen LogP contribution in [0.2, 0.25) is 0 Å². The Morgan fingerprint density at radius 3 is 2.84 bits per heavy atom. The predicted octanol–water partition coefficient (Wildman–Crippen LogP) is 1.44. The number of nitrogens with two attached hydrogens (primary N) is 1. The summed E-state index contributed by atoms with van der Waals surface area (Å²) in [6.07, 6.45) is 2.65. The van der Waals surface area contributed by atoms with Crippen LogP contribution in [0.4, 0.5) is 0 Å². The lowest BCUT2D eigenvalue weighted by Gasteiger charge is -2.31. The van der Waals surface area contributed by atoms with Crippen LogP contribution in [0.5, 0.6) is 0 Å². The lowest BCUT2D eigenvalue weighted by atomic mass is 10.0. The molecule has 4 heteroatoms. The van der Waals surface area contributed by atoms with Crippen LogP contribution >= 0.6 is 0 Å². The van der Waals surface area contributed by atoms with Crippen LogP contribution in [-0.4, -0.2) is 43.7 Å². The monoisotopic (exact) mass is 262 g/mol. The quantitative estimate of drug-likeness (QED) is 0.893. The molecule has 2 rings (SSSR count). The highest BCUT2D eigenvalue weighted by molar-refractivity contribution is 5.94. The molecule has 0 unspecified atom stereocenters. The maximum atomic E-state index is 12.5. The summed E-state index contributed by atoms with van der Waals surface area (Å²) in [6, 6.07) is 8.05. The van der Waals surface area contributed by atoms with Gasteiger partial charge in [0.15, 0.2) is 0 Å². The highest BCUT2D eigenvalue weighted by Gasteiger charge is 2.23. The van der Waals surface area contributed by atoms with Gasteiger partial charge in [-0.25, -0.2) is 0 Å². The second kappa shape index (κ2) is 6.68. The molecular formula is C15H22N2O2. The molecule has 1 aromatic carbocycles. The molecule has 104 valence electrons. The van der Waals surface area contributed by atoms with Gasteiger partial charge in [-0.2, -0.15) is 0 Å². The van der Waals surface area contributed by atoms with Gasteiger partial charge in [-0.15, -0.1) is 0 Å². The van der Waals surface area contributed by atoms with Crippen molar-refractivity contribution < 1.29 is 9.53 Å². The summed E-state index contributed by atoms with van der Waals surface area (Å²) in [5, 5.41) is 0. The average molecular weight is 262 g/mol. The van der Waals surface area contributed by atoms with Crippen molar-refractivity contribution >= 4 is 5.91 Å². The normalized spacial score (nSPS) is 16.3. The number of hydrogen-bond acceptors (Lipinski definition) is 3. The summed E-state index contributed by atoms with van der Waals surface area (Å²) in [7, 11) is 1.88. The lowest BCUT2D eigenvalue weighted by Crippen LogP contribution is -2.40. The predicted molar refractivity (Wildman–Crippen MR) is 75.1 cm³/mol. The number of carbonyl (C=O) groups is 1. The third-order valence-electron chi connectivity index (χ3n) is 3.67. The summed E-state index contributed by atoms with van der Waals surface area (Å²) >= 11 is 0. The molecule has 0 aromatic heterocycles. The van der Waals surface area contributed by atoms with Crippen LogP contribution < -0.4 is 5.73 Å². The molecule has 19 heavy (non-hydrogen) atoms. The molecule has 0 aliphatic carbocycles. The van der Waals surface area contributed by atoms with Gasteiger partial charge < -0.3 is 15.4 Å². The SMILES string of the molecule is CN(C(=O)c1cccc(CCN)c1)C1CCOCC1. The number of benzene rings is 1. The Hall–Kier alpha value is -1.39. The second-order valence-electron chi connectivity index (χ2n) is 5.00. The number of amides is 1. The molecule has 1 saturated heterocycles. The Balaban J connectivity index is 2.07. The van der Waals surface area contributed by atoms with Crippen molar-refractivity contribution in [3.8, 4) is 0 Å². The van der Waals surface area contributed by atoms with E-state index in [1.807, 2.05) is 36.2 Å². The molecule has 1 amide bonds. The van der Waals surface area contributed by atoms with E-state index >= 15 is 0 Å². The Morgan fingerprint density at radius 1 is 1.42 bits per heavy atom. The molecule has 0 radical (unpaired) electrons. The summed E-state index contributed by atoms with van der Waals surface area (Å²) in [6.45, 7) is 2.10. The van der Waals surface area contributed by atoms with Gasteiger partial charge in [0.2, 0.25) is 0 Å². The van der Waals surface area contributed by atoms with Crippen molar-refractivity contribution in [1.29, 1.82) is 0 Å². The van der Waals surface area contributed by atoms with Gasteiger partial charge in [0.1, 0.15) is 0 Å². The summed E-state index contributed by atoms with van der Waals surface area (Å²) in [5.41, 5.74) is 7.42. The first-order valence-electron chi connectivity index (χ1n) is 6.86. The van der Waals surface area contributed by atoms with E-state index in [2.05, 4.69) is 0 Å². The molecular weight excluding hydrogens is 240 g/mol. The van der Waals surface area contributed by atoms with Crippen LogP contribution in [0.1, 0.15) is 28.8 Å². The zero-order valence-electron chi connectivity index (χ0n) is 11.5. The van der Waals surface area contributed by atoms with Gasteiger partial charge in [-0.3, -0.25) is 4.79 Å². The molecule has 1 aromatic rings. The van der Waals surface area contributed by atoms with Crippen LogP contribution in [-0.2, 0) is 11.2 Å². The smallest absolute Gasteiger partial charge is 0.253 e. The van der Waals surface area contributed by atoms with Gasteiger partial charge in [0, 0.05) is 31.9 Å². The molecule has 1 heterocycles. The van der Waals surface area contributed by atoms with E-state index in [9.17, 15) is 4.79 Å². The third kappa shape index (κ3) is 3.55. The van der Waals surface area contributed by atoms with E-state index in [1.165, 1.54) is 0 Å². The van der Waals surface area contributed by atoms with Gasteiger partial charge in [0.25, 0.3) is 5.91 Å². The minimum atomic E-state index is 0.0887. The summed E-state index contributed by atoms with van der Waals surface area (Å²) in [4.78, 5) is 14.3. The van der Waals surface area contributed by atoms with Crippen molar-refractivity contribution in [3.05, 3.63) is 35.4 Å². The molecule has 0 atom stereocenters. The molecule has 1 aliphatic rings. The molecule has 0 bridgehead atoms. The number of carbonyl (C=O) groups excluding carboxylic acids is 1. The van der Waals surface area contributed by atoms with Crippen molar-refractivity contribution in [3.63, 3.8) is 0 Å². The van der Waals surface area contributed by atoms with Gasteiger partial charge in [0.05, 0.1) is 0 Å². The van der Waals surface area contributed by atoms with E-state index in [0.29, 0.717) is 12.6 Å². The topological polar surface area (TPSA) is 55.6 Å². The third-order valence-corrected chi connectivity index (χ3v) is 3.67. The fourth-order valence-electron chi connectivity index (χ4n) is 2.47. The van der Waals surface area contributed by atoms with Crippen LogP contribution in [0.25, 0.3) is 0 Å². The van der Waals surface area contributed by atoms with E-state index in [0.717, 1.165) is 43.6 Å². The Morgan fingerprint density at radius 2 is 2.16 bits per heavy atom. The minimum absolute atomic E-state index is 0.0887. The number of nitrogens with zero attached hydrogens (tertiary/aromatic N) is 1. The molecule has 4 nitrogen and oxygen atoms in total. The molecule has 0 spiro atoms. The highest BCUT2D eigenvalue weighted by Crippen LogP contribution is 2.16. The van der Waals surface area contributed by atoms with Gasteiger partial charge >= 0.3 is 0 Å². The van der Waals surface area contributed by atoms with Crippen LogP contribution in [0, 0.1) is 0 Å². The lowest BCUT2D eigenvalue weighted by molar-refractivity contribution is 0.0362. The van der Waals surface area contributed by atoms with Crippen LogP contribution in [0.3, 0.4) is 0 Å². The molecule has 1 fully saturated rings.